The van der Waals surface area contributed by atoms with Gasteiger partial charge in [-0.05, 0) is 48.9 Å². The fourth-order valence-electron chi connectivity index (χ4n) is 3.56. The van der Waals surface area contributed by atoms with Crippen molar-refractivity contribution < 1.29 is 0 Å². The summed E-state index contributed by atoms with van der Waals surface area (Å²) in [4.78, 5) is 21.7. The minimum atomic E-state index is -0.0546. The molecule has 0 saturated carbocycles. The first-order chi connectivity index (χ1) is 14.7. The molecule has 2 aromatic carbocycles. The molecular weight excluding hydrogens is 392 g/mol. The zero-order chi connectivity index (χ0) is 20.5. The number of aryl methyl sites for hydroxylation is 1. The summed E-state index contributed by atoms with van der Waals surface area (Å²) < 4.78 is 2.85. The lowest BCUT2D eigenvalue weighted by Gasteiger charge is -2.09. The van der Waals surface area contributed by atoms with Gasteiger partial charge in [-0.1, -0.05) is 30.3 Å². The second kappa shape index (κ2) is 7.72. The first-order valence-corrected chi connectivity index (χ1v) is 10.6. The topological polar surface area (TPSA) is 59.3 Å². The number of fused-ring (bicyclic) bond motifs is 2. The lowest BCUT2D eigenvalue weighted by Crippen LogP contribution is -2.18. The maximum absolute atomic E-state index is 12.4. The van der Waals surface area contributed by atoms with E-state index in [1.807, 2.05) is 37.3 Å². The lowest BCUT2D eigenvalue weighted by molar-refractivity contribution is 0.943. The van der Waals surface area contributed by atoms with E-state index in [-0.39, 0.29) is 5.56 Å². The van der Waals surface area contributed by atoms with Crippen molar-refractivity contribution in [3.8, 4) is 0 Å². The summed E-state index contributed by atoms with van der Waals surface area (Å²) in [6, 6.07) is 23.8. The zero-order valence-electron chi connectivity index (χ0n) is 16.5. The van der Waals surface area contributed by atoms with Gasteiger partial charge in [0.15, 0.2) is 0 Å². The van der Waals surface area contributed by atoms with Gasteiger partial charge >= 0.3 is 0 Å². The minimum absolute atomic E-state index is 0.0546. The lowest BCUT2D eigenvalue weighted by atomic mass is 10.1. The van der Waals surface area contributed by atoms with Crippen molar-refractivity contribution in [2.24, 2.45) is 0 Å². The Kier molecular flexibility index (Phi) is 4.77. The summed E-state index contributed by atoms with van der Waals surface area (Å²) in [6.45, 7) is 2.40. The van der Waals surface area contributed by atoms with Crippen molar-refractivity contribution in [3.63, 3.8) is 0 Å². The van der Waals surface area contributed by atoms with E-state index in [0.717, 1.165) is 34.0 Å². The quantitative estimate of drug-likeness (QED) is 0.450. The third-order valence-electron chi connectivity index (χ3n) is 5.05. The van der Waals surface area contributed by atoms with Crippen LogP contribution in [0.25, 0.3) is 15.9 Å². The first-order valence-electron chi connectivity index (χ1n) is 9.81. The van der Waals surface area contributed by atoms with Crippen LogP contribution in [0.4, 0.5) is 5.69 Å². The molecule has 0 amide bonds. The van der Waals surface area contributed by atoms with Crippen LogP contribution in [0.2, 0.25) is 0 Å². The fraction of sp³-hybridized carbons (Fsp3) is 0.125. The van der Waals surface area contributed by atoms with Gasteiger partial charge in [0.1, 0.15) is 5.65 Å². The van der Waals surface area contributed by atoms with Crippen molar-refractivity contribution in [3.05, 3.63) is 105 Å². The minimum Gasteiger partial charge on any atom is -0.379 e. The predicted octanol–water partition coefficient (Wildman–Crippen LogP) is 4.82. The molecule has 0 spiro atoms. The molecule has 30 heavy (non-hydrogen) atoms. The number of rotatable bonds is 5. The number of aromatic nitrogens is 3. The number of thiazole rings is 1. The van der Waals surface area contributed by atoms with Crippen molar-refractivity contribution in [1.82, 2.24) is 14.4 Å². The van der Waals surface area contributed by atoms with Gasteiger partial charge < -0.3 is 5.32 Å². The Morgan fingerprint density at radius 1 is 0.967 bits per heavy atom. The Morgan fingerprint density at radius 2 is 1.80 bits per heavy atom. The molecule has 0 aliphatic rings. The van der Waals surface area contributed by atoms with Crippen LogP contribution in [0.3, 0.4) is 0 Å². The van der Waals surface area contributed by atoms with Gasteiger partial charge in [0, 0.05) is 23.9 Å². The van der Waals surface area contributed by atoms with E-state index in [1.165, 1.54) is 10.3 Å². The Hall–Kier alpha value is -3.51. The van der Waals surface area contributed by atoms with Crippen LogP contribution >= 0.6 is 11.3 Å². The van der Waals surface area contributed by atoms with Crippen molar-refractivity contribution in [2.45, 2.75) is 19.9 Å². The van der Waals surface area contributed by atoms with E-state index in [2.05, 4.69) is 46.7 Å². The second-order valence-corrected chi connectivity index (χ2v) is 8.36. The number of hydrogen-bond donors (Lipinski definition) is 1. The number of benzene rings is 2. The van der Waals surface area contributed by atoms with Crippen molar-refractivity contribution in [1.29, 1.82) is 0 Å². The van der Waals surface area contributed by atoms with Crippen LogP contribution in [0, 0.1) is 6.92 Å². The van der Waals surface area contributed by atoms with Crippen LogP contribution in [-0.4, -0.2) is 14.4 Å². The molecule has 0 bridgehead atoms. The SMILES string of the molecule is Cc1cccc2nc(CNc3ccc(Cc4nc5ccccc5s4)cc3)cc(=O)n12. The van der Waals surface area contributed by atoms with Gasteiger partial charge in [0.2, 0.25) is 0 Å². The molecule has 0 aliphatic heterocycles. The Balaban J connectivity index is 1.28. The van der Waals surface area contributed by atoms with E-state index in [1.54, 1.807) is 21.8 Å². The standard InChI is InChI=1S/C24H20N4OS/c1-16-5-4-8-22-26-19(14-24(29)28(16)22)15-25-18-11-9-17(10-12-18)13-23-27-20-6-2-3-7-21(20)30-23/h2-12,14,25H,13,15H2,1H3. The molecule has 0 aliphatic carbocycles. The highest BCUT2D eigenvalue weighted by Crippen LogP contribution is 2.24. The number of para-hydroxylation sites is 1. The largest absolute Gasteiger partial charge is 0.379 e. The number of nitrogens with one attached hydrogen (secondary N) is 1. The van der Waals surface area contributed by atoms with Gasteiger partial charge in [0.05, 0.1) is 27.5 Å². The molecule has 0 fully saturated rings. The number of hydrogen-bond acceptors (Lipinski definition) is 5. The zero-order valence-corrected chi connectivity index (χ0v) is 17.3. The van der Waals surface area contributed by atoms with Gasteiger partial charge in [-0.15, -0.1) is 11.3 Å². The highest BCUT2D eigenvalue weighted by molar-refractivity contribution is 7.18. The normalized spacial score (nSPS) is 11.2. The van der Waals surface area contributed by atoms with Gasteiger partial charge in [-0.25, -0.2) is 9.97 Å². The van der Waals surface area contributed by atoms with E-state index in [0.29, 0.717) is 12.2 Å². The molecule has 3 heterocycles. The Bertz CT molecular complexity index is 1370. The highest BCUT2D eigenvalue weighted by atomic mass is 32.1. The second-order valence-electron chi connectivity index (χ2n) is 7.25. The van der Waals surface area contributed by atoms with Crippen LogP contribution in [0.5, 0.6) is 0 Å². The van der Waals surface area contributed by atoms with Crippen molar-refractivity contribution in [2.75, 3.05) is 5.32 Å². The molecule has 5 nitrogen and oxygen atoms in total. The first kappa shape index (κ1) is 18.5. The summed E-state index contributed by atoms with van der Waals surface area (Å²) in [7, 11) is 0. The summed E-state index contributed by atoms with van der Waals surface area (Å²) in [6.07, 6.45) is 0.821. The number of pyridine rings is 1. The smallest absolute Gasteiger partial charge is 0.258 e. The Morgan fingerprint density at radius 3 is 2.63 bits per heavy atom. The van der Waals surface area contributed by atoms with Gasteiger partial charge in [-0.2, -0.15) is 0 Å². The average Bonchev–Trinajstić information content (AvgIpc) is 3.15. The monoisotopic (exact) mass is 412 g/mol. The molecule has 0 unspecified atom stereocenters. The van der Waals surface area contributed by atoms with Crippen LogP contribution < -0.4 is 10.9 Å². The molecule has 148 valence electrons. The average molecular weight is 413 g/mol. The summed E-state index contributed by atoms with van der Waals surface area (Å²) in [5.41, 5.74) is 5.50. The highest BCUT2D eigenvalue weighted by Gasteiger charge is 2.06. The molecule has 5 aromatic rings. The third kappa shape index (κ3) is 3.69. The van der Waals surface area contributed by atoms with E-state index in [4.69, 9.17) is 4.98 Å². The Labute approximate surface area is 177 Å². The van der Waals surface area contributed by atoms with E-state index in [9.17, 15) is 4.79 Å². The molecule has 0 saturated heterocycles. The van der Waals surface area contributed by atoms with Crippen LogP contribution in [-0.2, 0) is 13.0 Å². The maximum atomic E-state index is 12.4. The van der Waals surface area contributed by atoms with Gasteiger partial charge in [-0.3, -0.25) is 9.20 Å². The molecule has 6 heteroatoms. The molecule has 0 radical (unpaired) electrons. The molecule has 3 aromatic heterocycles. The van der Waals surface area contributed by atoms with Crippen LogP contribution in [0.15, 0.2) is 77.6 Å². The molecule has 0 atom stereocenters. The number of anilines is 1. The number of nitrogens with zero attached hydrogens (tertiary/aromatic N) is 3. The van der Waals surface area contributed by atoms with Gasteiger partial charge in [0.25, 0.3) is 5.56 Å². The third-order valence-corrected chi connectivity index (χ3v) is 6.09. The van der Waals surface area contributed by atoms with E-state index < -0.39 is 0 Å². The molecular formula is C24H20N4OS. The summed E-state index contributed by atoms with van der Waals surface area (Å²) in [5, 5.41) is 4.47. The van der Waals surface area contributed by atoms with E-state index >= 15 is 0 Å². The van der Waals surface area contributed by atoms with Crippen molar-refractivity contribution >= 4 is 32.9 Å². The van der Waals surface area contributed by atoms with Crippen LogP contribution in [0.1, 0.15) is 22.0 Å². The molecule has 5 rings (SSSR count). The fourth-order valence-corrected chi connectivity index (χ4v) is 4.56. The summed E-state index contributed by atoms with van der Waals surface area (Å²) in [5.74, 6) is 0. The predicted molar refractivity (Wildman–Crippen MR) is 122 cm³/mol. The summed E-state index contributed by atoms with van der Waals surface area (Å²) >= 11 is 1.74. The maximum Gasteiger partial charge on any atom is 0.258 e. The molecule has 1 N–H and O–H groups in total.